The molecule has 2 aliphatic heterocycles. The molecule has 1 atom stereocenters. The fourth-order valence-electron chi connectivity index (χ4n) is 3.43. The van der Waals surface area contributed by atoms with E-state index in [0.29, 0.717) is 17.9 Å². The highest BCUT2D eigenvalue weighted by atomic mass is 35.5. The van der Waals surface area contributed by atoms with Crippen molar-refractivity contribution in [3.8, 4) is 0 Å². The highest BCUT2D eigenvalue weighted by Crippen LogP contribution is 2.28. The first-order valence-electron chi connectivity index (χ1n) is 8.19. The molecule has 0 N–H and O–H groups in total. The molecule has 3 rings (SSSR count). The topological polar surface area (TPSA) is 41.5 Å². The molecule has 0 aromatic carbocycles. The standard InChI is InChI=1S/C16H25ClN4O/c1-20(2)12-5-3-8-21(9-7-12)15-13-11-22-10-4-6-14(13)18-16(17)19-15/h12H,3-11H2,1-2H3. The number of rotatable bonds is 2. The third-order valence-electron chi connectivity index (χ3n) is 4.72. The first-order chi connectivity index (χ1) is 10.6. The second-order valence-electron chi connectivity index (χ2n) is 6.43. The SMILES string of the molecule is CN(C)C1CCCN(c2nc(Cl)nc3c2COCCC3)CC1. The van der Waals surface area contributed by atoms with Crippen LogP contribution in [0, 0.1) is 0 Å². The molecule has 0 amide bonds. The minimum atomic E-state index is 0.365. The van der Waals surface area contributed by atoms with E-state index in [1.165, 1.54) is 12.8 Å². The van der Waals surface area contributed by atoms with Gasteiger partial charge in [0, 0.05) is 31.3 Å². The van der Waals surface area contributed by atoms with Gasteiger partial charge in [0.05, 0.1) is 12.3 Å². The Morgan fingerprint density at radius 2 is 2.05 bits per heavy atom. The lowest BCUT2D eigenvalue weighted by Gasteiger charge is -2.26. The maximum absolute atomic E-state index is 6.18. The summed E-state index contributed by atoms with van der Waals surface area (Å²) in [6, 6.07) is 0.650. The van der Waals surface area contributed by atoms with Crippen molar-refractivity contribution in [2.45, 2.75) is 44.8 Å². The summed E-state index contributed by atoms with van der Waals surface area (Å²) in [4.78, 5) is 13.7. The summed E-state index contributed by atoms with van der Waals surface area (Å²) in [5.41, 5.74) is 2.21. The molecule has 1 aromatic rings. The predicted octanol–water partition coefficient (Wildman–Crippen LogP) is 2.51. The number of halogens is 1. The molecule has 0 radical (unpaired) electrons. The van der Waals surface area contributed by atoms with E-state index in [9.17, 15) is 0 Å². The number of aryl methyl sites for hydroxylation is 1. The molecule has 2 aliphatic rings. The van der Waals surface area contributed by atoms with Crippen molar-refractivity contribution in [1.29, 1.82) is 0 Å². The van der Waals surface area contributed by atoms with E-state index in [-0.39, 0.29) is 0 Å². The number of hydrogen-bond acceptors (Lipinski definition) is 5. The molecule has 1 saturated heterocycles. The largest absolute Gasteiger partial charge is 0.377 e. The van der Waals surface area contributed by atoms with E-state index in [1.54, 1.807) is 0 Å². The van der Waals surface area contributed by atoms with Crippen LogP contribution in [-0.2, 0) is 17.8 Å². The van der Waals surface area contributed by atoms with Gasteiger partial charge in [-0.2, -0.15) is 0 Å². The fourth-order valence-corrected chi connectivity index (χ4v) is 3.61. The Labute approximate surface area is 137 Å². The summed E-state index contributed by atoms with van der Waals surface area (Å²) < 4.78 is 5.72. The summed E-state index contributed by atoms with van der Waals surface area (Å²) >= 11 is 6.18. The highest BCUT2D eigenvalue weighted by Gasteiger charge is 2.24. The Bertz CT molecular complexity index is 523. The number of hydrogen-bond donors (Lipinski definition) is 0. The van der Waals surface area contributed by atoms with E-state index < -0.39 is 0 Å². The molecule has 1 unspecified atom stereocenters. The monoisotopic (exact) mass is 324 g/mol. The Balaban J connectivity index is 1.86. The third kappa shape index (κ3) is 3.53. The lowest BCUT2D eigenvalue weighted by atomic mass is 10.1. The summed E-state index contributed by atoms with van der Waals surface area (Å²) in [5, 5.41) is 0.365. The molecule has 0 saturated carbocycles. The predicted molar refractivity (Wildman–Crippen MR) is 88.6 cm³/mol. The first-order valence-corrected chi connectivity index (χ1v) is 8.57. The molecule has 0 bridgehead atoms. The quantitative estimate of drug-likeness (QED) is 0.782. The van der Waals surface area contributed by atoms with Crippen LogP contribution in [0.3, 0.4) is 0 Å². The maximum Gasteiger partial charge on any atom is 0.224 e. The lowest BCUT2D eigenvalue weighted by Crippen LogP contribution is -2.31. The molecule has 22 heavy (non-hydrogen) atoms. The van der Waals surface area contributed by atoms with Crippen molar-refractivity contribution >= 4 is 17.4 Å². The summed E-state index contributed by atoms with van der Waals surface area (Å²) in [6.07, 6.45) is 5.51. The summed E-state index contributed by atoms with van der Waals surface area (Å²) in [7, 11) is 4.34. The zero-order chi connectivity index (χ0) is 15.5. The van der Waals surface area contributed by atoms with Gasteiger partial charge in [-0.15, -0.1) is 0 Å². The van der Waals surface area contributed by atoms with Crippen LogP contribution < -0.4 is 4.90 Å². The van der Waals surface area contributed by atoms with Crippen LogP contribution in [0.4, 0.5) is 5.82 Å². The number of fused-ring (bicyclic) bond motifs is 1. The van der Waals surface area contributed by atoms with Crippen LogP contribution in [-0.4, -0.2) is 54.7 Å². The van der Waals surface area contributed by atoms with Gasteiger partial charge in [0.25, 0.3) is 0 Å². The molecule has 5 nitrogen and oxygen atoms in total. The van der Waals surface area contributed by atoms with Gasteiger partial charge in [-0.25, -0.2) is 9.97 Å². The maximum atomic E-state index is 6.18. The Kier molecular flexibility index (Phi) is 5.16. The molecule has 1 fully saturated rings. The van der Waals surface area contributed by atoms with E-state index >= 15 is 0 Å². The van der Waals surface area contributed by atoms with Crippen LogP contribution in [0.15, 0.2) is 0 Å². The first kappa shape index (κ1) is 16.0. The van der Waals surface area contributed by atoms with Crippen LogP contribution in [0.2, 0.25) is 5.28 Å². The lowest BCUT2D eigenvalue weighted by molar-refractivity contribution is 0.125. The summed E-state index contributed by atoms with van der Waals surface area (Å²) in [5.74, 6) is 0.997. The van der Waals surface area contributed by atoms with Crippen molar-refractivity contribution in [2.24, 2.45) is 0 Å². The highest BCUT2D eigenvalue weighted by molar-refractivity contribution is 6.28. The second kappa shape index (κ2) is 7.11. The van der Waals surface area contributed by atoms with Gasteiger partial charge < -0.3 is 14.5 Å². The van der Waals surface area contributed by atoms with Gasteiger partial charge in [-0.1, -0.05) is 0 Å². The molecule has 3 heterocycles. The van der Waals surface area contributed by atoms with Gasteiger partial charge in [-0.3, -0.25) is 0 Å². The van der Waals surface area contributed by atoms with Gasteiger partial charge >= 0.3 is 0 Å². The summed E-state index contributed by atoms with van der Waals surface area (Å²) in [6.45, 7) is 3.44. The normalized spacial score (nSPS) is 23.1. The number of aromatic nitrogens is 2. The Morgan fingerprint density at radius 1 is 1.18 bits per heavy atom. The molecule has 6 heteroatoms. The molecular formula is C16H25ClN4O. The van der Waals surface area contributed by atoms with E-state index in [4.69, 9.17) is 16.3 Å². The number of nitrogens with zero attached hydrogens (tertiary/aromatic N) is 4. The van der Waals surface area contributed by atoms with Crippen molar-refractivity contribution in [3.05, 3.63) is 16.5 Å². The fraction of sp³-hybridized carbons (Fsp3) is 0.750. The van der Waals surface area contributed by atoms with E-state index in [1.807, 2.05) is 0 Å². The molecule has 122 valence electrons. The third-order valence-corrected chi connectivity index (χ3v) is 4.89. The Morgan fingerprint density at radius 3 is 2.86 bits per heavy atom. The number of anilines is 1. The van der Waals surface area contributed by atoms with Gasteiger partial charge in [0.2, 0.25) is 5.28 Å². The van der Waals surface area contributed by atoms with Crippen LogP contribution >= 0.6 is 11.6 Å². The molecule has 0 aliphatic carbocycles. The van der Waals surface area contributed by atoms with Gasteiger partial charge in [-0.05, 0) is 57.8 Å². The van der Waals surface area contributed by atoms with Crippen LogP contribution in [0.1, 0.15) is 36.9 Å². The Hall–Kier alpha value is -0.910. The second-order valence-corrected chi connectivity index (χ2v) is 6.77. The molecular weight excluding hydrogens is 300 g/mol. The molecule has 1 aromatic heterocycles. The smallest absolute Gasteiger partial charge is 0.224 e. The van der Waals surface area contributed by atoms with Crippen molar-refractivity contribution in [1.82, 2.24) is 14.9 Å². The van der Waals surface area contributed by atoms with Crippen molar-refractivity contribution in [2.75, 3.05) is 38.7 Å². The average Bonchev–Trinajstić information content (AvgIpc) is 2.86. The van der Waals surface area contributed by atoms with Crippen molar-refractivity contribution < 1.29 is 4.74 Å². The molecule has 0 spiro atoms. The van der Waals surface area contributed by atoms with Crippen LogP contribution in [0.25, 0.3) is 0 Å². The van der Waals surface area contributed by atoms with E-state index in [2.05, 4.69) is 33.9 Å². The van der Waals surface area contributed by atoms with Crippen LogP contribution in [0.5, 0.6) is 0 Å². The van der Waals surface area contributed by atoms with Gasteiger partial charge in [0.1, 0.15) is 5.82 Å². The van der Waals surface area contributed by atoms with Crippen molar-refractivity contribution in [3.63, 3.8) is 0 Å². The zero-order valence-electron chi connectivity index (χ0n) is 13.5. The minimum absolute atomic E-state index is 0.365. The number of ether oxygens (including phenoxy) is 1. The van der Waals surface area contributed by atoms with E-state index in [0.717, 1.165) is 56.0 Å². The average molecular weight is 325 g/mol. The minimum Gasteiger partial charge on any atom is -0.377 e. The van der Waals surface area contributed by atoms with Gasteiger partial charge in [0.15, 0.2) is 0 Å². The zero-order valence-corrected chi connectivity index (χ0v) is 14.3.